The zero-order chi connectivity index (χ0) is 13.2. The van der Waals surface area contributed by atoms with Crippen molar-refractivity contribution >= 4 is 11.6 Å². The number of ether oxygens (including phenoxy) is 1. The van der Waals surface area contributed by atoms with Gasteiger partial charge in [-0.1, -0.05) is 43.5 Å². The van der Waals surface area contributed by atoms with Gasteiger partial charge in [-0.2, -0.15) is 0 Å². The molecule has 0 radical (unpaired) electrons. The maximum Gasteiger partial charge on any atom is 0.108 e. The lowest BCUT2D eigenvalue weighted by Crippen LogP contribution is -2.42. The maximum absolute atomic E-state index is 10.6. The molecule has 0 aliphatic heterocycles. The van der Waals surface area contributed by atoms with Crippen LogP contribution in [0.4, 0.5) is 0 Å². The molecule has 0 bridgehead atoms. The number of rotatable bonds is 3. The van der Waals surface area contributed by atoms with Gasteiger partial charge in [-0.3, -0.25) is 0 Å². The predicted molar refractivity (Wildman–Crippen MR) is 73.8 cm³/mol. The van der Waals surface area contributed by atoms with Crippen molar-refractivity contribution in [2.45, 2.75) is 44.3 Å². The fourth-order valence-electron chi connectivity index (χ4n) is 3.04. The number of hydrogen-bond donors (Lipinski definition) is 1. The third-order valence-electron chi connectivity index (χ3n) is 4.08. The summed E-state index contributed by atoms with van der Waals surface area (Å²) < 4.78 is 5.71. The molecule has 1 N–H and O–H groups in total. The quantitative estimate of drug-likeness (QED) is 0.899. The van der Waals surface area contributed by atoms with Crippen molar-refractivity contribution in [2.24, 2.45) is 5.92 Å². The Morgan fingerprint density at radius 2 is 2.06 bits per heavy atom. The molecule has 1 saturated carbocycles. The molecule has 0 amide bonds. The highest BCUT2D eigenvalue weighted by Gasteiger charge is 2.42. The van der Waals surface area contributed by atoms with Crippen LogP contribution in [0.5, 0.6) is 0 Å². The van der Waals surface area contributed by atoms with Crippen molar-refractivity contribution in [3.63, 3.8) is 0 Å². The molecule has 1 aromatic rings. The van der Waals surface area contributed by atoms with E-state index in [1.807, 2.05) is 24.3 Å². The van der Waals surface area contributed by atoms with Crippen molar-refractivity contribution in [3.05, 3.63) is 34.9 Å². The van der Waals surface area contributed by atoms with Gasteiger partial charge >= 0.3 is 0 Å². The van der Waals surface area contributed by atoms with Gasteiger partial charge in [0.15, 0.2) is 0 Å². The second-order valence-electron chi connectivity index (χ2n) is 5.42. The minimum Gasteiger partial charge on any atom is -0.385 e. The molecule has 1 aromatic carbocycles. The average Bonchev–Trinajstić information content (AvgIpc) is 2.38. The predicted octanol–water partition coefficient (Wildman–Crippen LogP) is 3.97. The molecule has 1 fully saturated rings. The lowest BCUT2D eigenvalue weighted by Gasteiger charge is -2.42. The number of methoxy groups -OCH3 is 1. The van der Waals surface area contributed by atoms with Gasteiger partial charge in [-0.25, -0.2) is 0 Å². The number of aliphatic hydroxyl groups is 1. The largest absolute Gasteiger partial charge is 0.385 e. The highest BCUT2D eigenvalue weighted by Crippen LogP contribution is 2.43. The van der Waals surface area contributed by atoms with Crippen LogP contribution in [-0.4, -0.2) is 17.8 Å². The normalized spacial score (nSPS) is 30.1. The molecule has 18 heavy (non-hydrogen) atoms. The van der Waals surface area contributed by atoms with E-state index in [-0.39, 0.29) is 0 Å². The van der Waals surface area contributed by atoms with Crippen LogP contribution in [0.3, 0.4) is 0 Å². The van der Waals surface area contributed by atoms with Crippen LogP contribution in [0.25, 0.3) is 0 Å². The molecule has 3 atom stereocenters. The molecular weight excluding hydrogens is 248 g/mol. The first-order valence-electron chi connectivity index (χ1n) is 6.56. The number of aliphatic hydroxyl groups excluding tert-OH is 1. The highest BCUT2D eigenvalue weighted by atomic mass is 35.5. The van der Waals surface area contributed by atoms with Gasteiger partial charge < -0.3 is 9.84 Å². The van der Waals surface area contributed by atoms with E-state index in [2.05, 4.69) is 6.92 Å². The molecule has 0 heterocycles. The first-order chi connectivity index (χ1) is 8.57. The van der Waals surface area contributed by atoms with Gasteiger partial charge in [0.2, 0.25) is 0 Å². The van der Waals surface area contributed by atoms with Crippen LogP contribution in [0.15, 0.2) is 24.3 Å². The molecular formula is C15H21ClO2. The average molecular weight is 269 g/mol. The van der Waals surface area contributed by atoms with Gasteiger partial charge in [-0.05, 0) is 36.5 Å². The summed E-state index contributed by atoms with van der Waals surface area (Å²) in [4.78, 5) is 0. The van der Waals surface area contributed by atoms with E-state index in [9.17, 15) is 5.11 Å². The Hall–Kier alpha value is -0.570. The monoisotopic (exact) mass is 268 g/mol. The van der Waals surface area contributed by atoms with E-state index in [1.54, 1.807) is 7.11 Å². The summed E-state index contributed by atoms with van der Waals surface area (Å²) in [5.74, 6) is 0.598. The van der Waals surface area contributed by atoms with Crippen molar-refractivity contribution in [2.75, 3.05) is 7.11 Å². The summed E-state index contributed by atoms with van der Waals surface area (Å²) in [7, 11) is 1.71. The number of hydrogen-bond acceptors (Lipinski definition) is 2. The fourth-order valence-corrected chi connectivity index (χ4v) is 3.16. The maximum atomic E-state index is 10.6. The Balaban J connectivity index is 2.23. The van der Waals surface area contributed by atoms with Gasteiger partial charge in [0.25, 0.3) is 0 Å². The van der Waals surface area contributed by atoms with E-state index < -0.39 is 11.7 Å². The van der Waals surface area contributed by atoms with Crippen LogP contribution in [0.2, 0.25) is 5.02 Å². The van der Waals surface area contributed by atoms with E-state index >= 15 is 0 Å². The number of halogens is 1. The minimum atomic E-state index is -0.581. The second kappa shape index (κ2) is 5.60. The lowest BCUT2D eigenvalue weighted by molar-refractivity contribution is -0.134. The first kappa shape index (κ1) is 13.9. The molecule has 1 aliphatic carbocycles. The topological polar surface area (TPSA) is 29.5 Å². The van der Waals surface area contributed by atoms with E-state index in [4.69, 9.17) is 16.3 Å². The zero-order valence-corrected chi connectivity index (χ0v) is 11.8. The summed E-state index contributed by atoms with van der Waals surface area (Å²) in [6.07, 6.45) is 3.57. The Morgan fingerprint density at radius 3 is 2.61 bits per heavy atom. The van der Waals surface area contributed by atoms with Crippen molar-refractivity contribution < 1.29 is 9.84 Å². The van der Waals surface area contributed by atoms with Crippen LogP contribution in [-0.2, 0) is 4.74 Å². The minimum absolute atomic E-state index is 0.439. The van der Waals surface area contributed by atoms with Gasteiger partial charge in [0.05, 0.1) is 5.60 Å². The van der Waals surface area contributed by atoms with Crippen LogP contribution in [0.1, 0.15) is 44.3 Å². The smallest absolute Gasteiger partial charge is 0.108 e. The summed E-state index contributed by atoms with van der Waals surface area (Å²) in [5.41, 5.74) is 0.446. The summed E-state index contributed by atoms with van der Waals surface area (Å²) >= 11 is 5.88. The van der Waals surface area contributed by atoms with Crippen LogP contribution < -0.4 is 0 Å². The third kappa shape index (κ3) is 2.71. The van der Waals surface area contributed by atoms with Crippen LogP contribution in [0, 0.1) is 5.92 Å². The molecule has 0 spiro atoms. The Labute approximate surface area is 114 Å². The third-order valence-corrected chi connectivity index (χ3v) is 4.33. The van der Waals surface area contributed by atoms with Crippen LogP contribution >= 0.6 is 11.6 Å². The fraction of sp³-hybridized carbons (Fsp3) is 0.600. The standard InChI is InChI=1S/C15H21ClO2/c1-11-4-3-9-15(10-11,18-2)14(17)12-5-7-13(16)8-6-12/h5-8,11,14,17H,3-4,9-10H2,1-2H3. The molecule has 100 valence electrons. The van der Waals surface area contributed by atoms with E-state index in [1.165, 1.54) is 6.42 Å². The van der Waals surface area contributed by atoms with Crippen molar-refractivity contribution in [1.82, 2.24) is 0 Å². The first-order valence-corrected chi connectivity index (χ1v) is 6.94. The SMILES string of the molecule is COC1(C(O)c2ccc(Cl)cc2)CCCC(C)C1. The molecule has 2 nitrogen and oxygen atoms in total. The molecule has 1 aliphatic rings. The molecule has 0 saturated heterocycles. The zero-order valence-electron chi connectivity index (χ0n) is 11.0. The van der Waals surface area contributed by atoms with Crippen molar-refractivity contribution in [1.29, 1.82) is 0 Å². The van der Waals surface area contributed by atoms with Crippen molar-refractivity contribution in [3.8, 4) is 0 Å². The Kier molecular flexibility index (Phi) is 4.31. The molecule has 3 unspecified atom stereocenters. The van der Waals surface area contributed by atoms with Gasteiger partial charge in [-0.15, -0.1) is 0 Å². The summed E-state index contributed by atoms with van der Waals surface area (Å²) in [6.45, 7) is 2.22. The Morgan fingerprint density at radius 1 is 1.39 bits per heavy atom. The molecule has 0 aromatic heterocycles. The van der Waals surface area contributed by atoms with E-state index in [0.29, 0.717) is 10.9 Å². The molecule has 2 rings (SSSR count). The highest BCUT2D eigenvalue weighted by molar-refractivity contribution is 6.30. The molecule has 3 heteroatoms. The second-order valence-corrected chi connectivity index (χ2v) is 5.86. The summed E-state index contributed by atoms with van der Waals surface area (Å²) in [5, 5.41) is 11.3. The lowest BCUT2D eigenvalue weighted by atomic mass is 9.74. The summed E-state index contributed by atoms with van der Waals surface area (Å²) in [6, 6.07) is 7.39. The Bertz CT molecular complexity index is 390. The van der Waals surface area contributed by atoms with E-state index in [0.717, 1.165) is 24.8 Å². The van der Waals surface area contributed by atoms with Gasteiger partial charge in [0, 0.05) is 12.1 Å². The van der Waals surface area contributed by atoms with Gasteiger partial charge in [0.1, 0.15) is 6.10 Å². The number of benzene rings is 1.